The number of nitrogens with two attached hydrogens (primary N) is 2. The van der Waals surface area contributed by atoms with Gasteiger partial charge in [-0.25, -0.2) is 13.6 Å². The minimum Gasteiger partial charge on any atom is -0.491 e. The number of primary sulfonamides is 1. The van der Waals surface area contributed by atoms with Crippen LogP contribution in [0.25, 0.3) is 16.8 Å². The molecule has 1 amide bonds. The highest BCUT2D eigenvalue weighted by molar-refractivity contribution is 7.89. The summed E-state index contributed by atoms with van der Waals surface area (Å²) in [6.45, 7) is 3.94. The van der Waals surface area contributed by atoms with E-state index in [0.29, 0.717) is 28.1 Å². The van der Waals surface area contributed by atoms with E-state index in [1.54, 1.807) is 48.5 Å². The first-order valence-electron chi connectivity index (χ1n) is 11.5. The number of rotatable bonds is 9. The Labute approximate surface area is 216 Å². The van der Waals surface area contributed by atoms with Gasteiger partial charge in [-0.2, -0.15) is 0 Å². The zero-order valence-electron chi connectivity index (χ0n) is 20.0. The minimum absolute atomic E-state index is 0.0239. The lowest BCUT2D eigenvalue weighted by Crippen LogP contribution is -2.32. The summed E-state index contributed by atoms with van der Waals surface area (Å²) in [6, 6.07) is 29.5. The van der Waals surface area contributed by atoms with Gasteiger partial charge in [0.1, 0.15) is 12.4 Å². The summed E-state index contributed by atoms with van der Waals surface area (Å²) in [5, 5.41) is 8.39. The van der Waals surface area contributed by atoms with Crippen LogP contribution < -0.4 is 20.9 Å². The number of carbonyl (C=O) groups is 1. The van der Waals surface area contributed by atoms with Crippen molar-refractivity contribution in [1.82, 2.24) is 5.32 Å². The summed E-state index contributed by atoms with van der Waals surface area (Å²) in [5.74, 6) is 0.310. The highest BCUT2D eigenvalue weighted by Gasteiger charge is 2.18. The second-order valence-electron chi connectivity index (χ2n) is 8.42. The SMILES string of the molecule is C=C(N)c1cccc(OCC(NC(=O)c2ccc(-c3ccccc3S(N)(=O)=O)cc2)c2ccccc2)c1. The first-order chi connectivity index (χ1) is 17.7. The van der Waals surface area contributed by atoms with Gasteiger partial charge in [0.15, 0.2) is 0 Å². The van der Waals surface area contributed by atoms with Crippen LogP contribution in [0.1, 0.15) is 27.5 Å². The molecule has 0 aromatic heterocycles. The van der Waals surface area contributed by atoms with Crippen LogP contribution in [0.15, 0.2) is 115 Å². The van der Waals surface area contributed by atoms with E-state index in [4.69, 9.17) is 15.6 Å². The molecule has 1 atom stereocenters. The zero-order chi connectivity index (χ0) is 26.4. The predicted octanol–water partition coefficient (Wildman–Crippen LogP) is 4.48. The molecule has 0 bridgehead atoms. The van der Waals surface area contributed by atoms with Crippen molar-refractivity contribution >= 4 is 21.6 Å². The predicted molar refractivity (Wildman–Crippen MR) is 145 cm³/mol. The van der Waals surface area contributed by atoms with Crippen molar-refractivity contribution < 1.29 is 17.9 Å². The molecular weight excluding hydrogens is 486 g/mol. The Morgan fingerprint density at radius 1 is 0.865 bits per heavy atom. The second kappa shape index (κ2) is 11.1. The van der Waals surface area contributed by atoms with E-state index in [0.717, 1.165) is 11.1 Å². The number of amides is 1. The van der Waals surface area contributed by atoms with Gasteiger partial charge in [-0.05, 0) is 41.5 Å². The number of hydrogen-bond acceptors (Lipinski definition) is 5. The minimum atomic E-state index is -3.90. The molecule has 37 heavy (non-hydrogen) atoms. The lowest BCUT2D eigenvalue weighted by atomic mass is 10.0. The van der Waals surface area contributed by atoms with Crippen LogP contribution >= 0.6 is 0 Å². The van der Waals surface area contributed by atoms with Crippen LogP contribution in [0, 0.1) is 0 Å². The number of ether oxygens (including phenoxy) is 1. The lowest BCUT2D eigenvalue weighted by Gasteiger charge is -2.20. The lowest BCUT2D eigenvalue weighted by molar-refractivity contribution is 0.0921. The first-order valence-corrected chi connectivity index (χ1v) is 13.0. The molecule has 4 aromatic rings. The van der Waals surface area contributed by atoms with Gasteiger partial charge in [0.25, 0.3) is 5.91 Å². The molecule has 5 N–H and O–H groups in total. The van der Waals surface area contributed by atoms with Gasteiger partial charge in [-0.15, -0.1) is 0 Å². The third-order valence-corrected chi connectivity index (χ3v) is 6.75. The molecule has 0 saturated heterocycles. The summed E-state index contributed by atoms with van der Waals surface area (Å²) in [5.41, 5.74) is 9.39. The number of benzene rings is 4. The van der Waals surface area contributed by atoms with Crippen molar-refractivity contribution in [3.63, 3.8) is 0 Å². The summed E-state index contributed by atoms with van der Waals surface area (Å²) in [7, 11) is -3.90. The fraction of sp³-hybridized carbons (Fsp3) is 0.0690. The van der Waals surface area contributed by atoms with E-state index in [2.05, 4.69) is 11.9 Å². The van der Waals surface area contributed by atoms with Gasteiger partial charge in [-0.3, -0.25) is 4.79 Å². The molecule has 0 radical (unpaired) electrons. The molecule has 8 heteroatoms. The molecule has 0 spiro atoms. The van der Waals surface area contributed by atoms with E-state index in [1.807, 2.05) is 48.5 Å². The van der Waals surface area contributed by atoms with Gasteiger partial charge in [0.05, 0.1) is 10.9 Å². The van der Waals surface area contributed by atoms with Crippen LogP contribution in [0.5, 0.6) is 5.75 Å². The molecule has 0 aliphatic rings. The average molecular weight is 514 g/mol. The topological polar surface area (TPSA) is 125 Å². The third kappa shape index (κ3) is 6.43. The molecule has 0 heterocycles. The van der Waals surface area contributed by atoms with E-state index in [-0.39, 0.29) is 17.4 Å². The molecular formula is C29H27N3O4S. The van der Waals surface area contributed by atoms with Crippen LogP contribution in [0.4, 0.5) is 0 Å². The van der Waals surface area contributed by atoms with E-state index < -0.39 is 16.1 Å². The summed E-state index contributed by atoms with van der Waals surface area (Å²) < 4.78 is 29.9. The number of carbonyl (C=O) groups excluding carboxylic acids is 1. The van der Waals surface area contributed by atoms with Crippen molar-refractivity contribution in [2.75, 3.05) is 6.61 Å². The Bertz CT molecular complexity index is 1520. The largest absolute Gasteiger partial charge is 0.491 e. The van der Waals surface area contributed by atoms with Crippen molar-refractivity contribution in [2.45, 2.75) is 10.9 Å². The average Bonchev–Trinajstić information content (AvgIpc) is 2.91. The Morgan fingerprint density at radius 2 is 1.54 bits per heavy atom. The van der Waals surface area contributed by atoms with Crippen LogP contribution in [0.2, 0.25) is 0 Å². The van der Waals surface area contributed by atoms with Crippen molar-refractivity contribution in [3.05, 3.63) is 126 Å². The molecule has 0 aliphatic heterocycles. The monoisotopic (exact) mass is 513 g/mol. The van der Waals surface area contributed by atoms with Crippen molar-refractivity contribution in [2.24, 2.45) is 10.9 Å². The molecule has 188 valence electrons. The van der Waals surface area contributed by atoms with Crippen LogP contribution in [-0.4, -0.2) is 20.9 Å². The maximum Gasteiger partial charge on any atom is 0.251 e. The highest BCUT2D eigenvalue weighted by Crippen LogP contribution is 2.27. The van der Waals surface area contributed by atoms with Gasteiger partial charge in [0, 0.05) is 22.4 Å². The Balaban J connectivity index is 1.53. The molecule has 1 unspecified atom stereocenters. The molecule has 0 aliphatic carbocycles. The second-order valence-corrected chi connectivity index (χ2v) is 9.95. The summed E-state index contributed by atoms with van der Waals surface area (Å²) in [4.78, 5) is 13.2. The number of nitrogens with one attached hydrogen (secondary N) is 1. The van der Waals surface area contributed by atoms with E-state index in [9.17, 15) is 13.2 Å². The van der Waals surface area contributed by atoms with Crippen molar-refractivity contribution in [3.8, 4) is 16.9 Å². The highest BCUT2D eigenvalue weighted by atomic mass is 32.2. The van der Waals surface area contributed by atoms with E-state index in [1.165, 1.54) is 6.07 Å². The number of sulfonamides is 1. The smallest absolute Gasteiger partial charge is 0.251 e. The Morgan fingerprint density at radius 3 is 2.22 bits per heavy atom. The zero-order valence-corrected chi connectivity index (χ0v) is 20.8. The van der Waals surface area contributed by atoms with Crippen LogP contribution in [-0.2, 0) is 10.0 Å². The van der Waals surface area contributed by atoms with E-state index >= 15 is 0 Å². The quantitative estimate of drug-likeness (QED) is 0.304. The standard InChI is InChI=1S/C29H27N3O4S/c1-20(30)24-10-7-11-25(18-24)36-19-27(22-8-3-2-4-9-22)32-29(33)23-16-14-21(15-17-23)26-12-5-6-13-28(26)37(31,34)35/h2-18,27H,1,19,30H2,(H,32,33)(H2,31,34,35). The molecule has 4 rings (SSSR count). The van der Waals surface area contributed by atoms with Gasteiger partial charge < -0.3 is 15.8 Å². The van der Waals surface area contributed by atoms with Crippen molar-refractivity contribution in [1.29, 1.82) is 0 Å². The Hall–Kier alpha value is -4.40. The molecule has 7 nitrogen and oxygen atoms in total. The van der Waals surface area contributed by atoms with Crippen LogP contribution in [0.3, 0.4) is 0 Å². The maximum absolute atomic E-state index is 13.1. The molecule has 4 aromatic carbocycles. The van der Waals surface area contributed by atoms with Gasteiger partial charge in [-0.1, -0.05) is 79.4 Å². The Kier molecular flexibility index (Phi) is 7.71. The third-order valence-electron chi connectivity index (χ3n) is 5.78. The molecule has 0 saturated carbocycles. The summed E-state index contributed by atoms with van der Waals surface area (Å²) in [6.07, 6.45) is 0. The summed E-state index contributed by atoms with van der Waals surface area (Å²) >= 11 is 0. The fourth-order valence-corrected chi connectivity index (χ4v) is 4.63. The molecule has 0 fully saturated rings. The fourth-order valence-electron chi connectivity index (χ4n) is 3.87. The van der Waals surface area contributed by atoms with Gasteiger partial charge >= 0.3 is 0 Å². The van der Waals surface area contributed by atoms with Gasteiger partial charge in [0.2, 0.25) is 10.0 Å². The maximum atomic E-state index is 13.1. The number of hydrogen-bond donors (Lipinski definition) is 3. The normalized spacial score (nSPS) is 11.9. The first kappa shape index (κ1) is 25.7.